The molecule has 0 bridgehead atoms. The molecule has 7 nitrogen and oxygen atoms in total. The van der Waals surface area contributed by atoms with Gasteiger partial charge in [-0.2, -0.15) is 5.10 Å². The van der Waals surface area contributed by atoms with E-state index in [-0.39, 0.29) is 16.5 Å². The Morgan fingerprint density at radius 2 is 1.71 bits per heavy atom. The predicted molar refractivity (Wildman–Crippen MR) is 87.5 cm³/mol. The zero-order valence-electron chi connectivity index (χ0n) is 13.4. The number of rotatable bonds is 4. The minimum Gasteiger partial charge on any atom is -0.505 e. The Balaban J connectivity index is 2.04. The summed E-state index contributed by atoms with van der Waals surface area (Å²) in [4.78, 5) is 14.3. The van der Waals surface area contributed by atoms with Crippen LogP contribution in [0.3, 0.4) is 0 Å². The average molecular weight is 398 g/mol. The fourth-order valence-corrected chi connectivity index (χ4v) is 2.35. The van der Waals surface area contributed by atoms with Gasteiger partial charge in [0, 0.05) is 17.8 Å². The first-order chi connectivity index (χ1) is 13.2. The van der Waals surface area contributed by atoms with Crippen LogP contribution in [0.25, 0.3) is 10.9 Å². The van der Waals surface area contributed by atoms with E-state index in [1.165, 1.54) is 18.3 Å². The van der Waals surface area contributed by atoms with Gasteiger partial charge < -0.3 is 5.11 Å². The number of nitrogens with one attached hydrogen (secondary N) is 1. The number of pyridine rings is 1. The maximum atomic E-state index is 13.6. The third-order valence-corrected chi connectivity index (χ3v) is 3.66. The van der Waals surface area contributed by atoms with E-state index in [9.17, 15) is 37.2 Å². The van der Waals surface area contributed by atoms with Crippen LogP contribution in [0, 0.1) is 39.2 Å². The van der Waals surface area contributed by atoms with Gasteiger partial charge in [0.05, 0.1) is 16.5 Å². The lowest BCUT2D eigenvalue weighted by Crippen LogP contribution is -2.06. The molecule has 2 aromatic carbocycles. The summed E-state index contributed by atoms with van der Waals surface area (Å²) in [5.41, 5.74) is -0.669. The van der Waals surface area contributed by atoms with E-state index in [0.717, 1.165) is 6.07 Å². The molecule has 1 aromatic heterocycles. The van der Waals surface area contributed by atoms with Gasteiger partial charge >= 0.3 is 0 Å². The van der Waals surface area contributed by atoms with Gasteiger partial charge in [-0.3, -0.25) is 20.5 Å². The molecule has 0 radical (unpaired) electrons. The molecule has 0 atom stereocenters. The Morgan fingerprint density at radius 1 is 1.11 bits per heavy atom. The van der Waals surface area contributed by atoms with Gasteiger partial charge in [-0.05, 0) is 12.1 Å². The molecule has 1 heterocycles. The van der Waals surface area contributed by atoms with Crippen LogP contribution in [0.2, 0.25) is 0 Å². The fourth-order valence-electron chi connectivity index (χ4n) is 2.35. The summed E-state index contributed by atoms with van der Waals surface area (Å²) < 4.78 is 66.5. The molecule has 0 aliphatic heterocycles. The number of aromatic nitrogens is 1. The van der Waals surface area contributed by atoms with Crippen molar-refractivity contribution in [2.24, 2.45) is 5.10 Å². The molecule has 0 aliphatic rings. The molecule has 0 amide bonds. The highest BCUT2D eigenvalue weighted by Gasteiger charge is 2.25. The van der Waals surface area contributed by atoms with Crippen LogP contribution in [0.5, 0.6) is 5.75 Å². The first-order valence-electron chi connectivity index (χ1n) is 7.29. The van der Waals surface area contributed by atoms with Crippen molar-refractivity contribution < 1.29 is 32.0 Å². The van der Waals surface area contributed by atoms with E-state index >= 15 is 0 Å². The van der Waals surface area contributed by atoms with Gasteiger partial charge in [-0.25, -0.2) is 22.0 Å². The van der Waals surface area contributed by atoms with E-state index in [1.54, 1.807) is 5.43 Å². The topological polar surface area (TPSA) is 101 Å². The Bertz CT molecular complexity index is 1120. The van der Waals surface area contributed by atoms with Crippen molar-refractivity contribution in [3.63, 3.8) is 0 Å². The van der Waals surface area contributed by atoms with Crippen LogP contribution >= 0.6 is 0 Å². The third-order valence-electron chi connectivity index (χ3n) is 3.66. The molecule has 3 rings (SSSR count). The van der Waals surface area contributed by atoms with Gasteiger partial charge in [0.15, 0.2) is 29.0 Å². The number of benzene rings is 2. The number of anilines is 1. The first kappa shape index (κ1) is 18.9. The molecule has 144 valence electrons. The highest BCUT2D eigenvalue weighted by molar-refractivity contribution is 6.00. The lowest BCUT2D eigenvalue weighted by molar-refractivity contribution is -0.383. The number of nitro benzene ring substituents is 1. The second kappa shape index (κ2) is 7.06. The van der Waals surface area contributed by atoms with Crippen molar-refractivity contribution in [1.82, 2.24) is 4.98 Å². The molecule has 3 aromatic rings. The molecule has 28 heavy (non-hydrogen) atoms. The van der Waals surface area contributed by atoms with Crippen molar-refractivity contribution >= 4 is 28.5 Å². The number of hydrogen-bond acceptors (Lipinski definition) is 6. The molecule has 0 aliphatic carbocycles. The molecule has 12 heteroatoms. The van der Waals surface area contributed by atoms with Crippen LogP contribution in [0.15, 0.2) is 29.5 Å². The smallest absolute Gasteiger partial charge is 0.279 e. The maximum Gasteiger partial charge on any atom is 0.279 e. The third kappa shape index (κ3) is 3.04. The number of aromatic hydroxyl groups is 1. The number of hydrazone groups is 1. The summed E-state index contributed by atoms with van der Waals surface area (Å²) >= 11 is 0. The van der Waals surface area contributed by atoms with E-state index in [0.29, 0.717) is 6.21 Å². The van der Waals surface area contributed by atoms with Gasteiger partial charge in [-0.1, -0.05) is 0 Å². The van der Waals surface area contributed by atoms with Gasteiger partial charge in [-0.15, -0.1) is 0 Å². The summed E-state index contributed by atoms with van der Waals surface area (Å²) in [6.45, 7) is 0. The van der Waals surface area contributed by atoms with E-state index in [1.807, 2.05) is 0 Å². The maximum absolute atomic E-state index is 13.6. The van der Waals surface area contributed by atoms with Gasteiger partial charge in [0.1, 0.15) is 11.2 Å². The van der Waals surface area contributed by atoms with Crippen LogP contribution < -0.4 is 5.43 Å². The van der Waals surface area contributed by atoms with E-state index < -0.39 is 51.1 Å². The normalized spacial score (nSPS) is 11.3. The van der Waals surface area contributed by atoms with Crippen LogP contribution in [0.1, 0.15) is 5.56 Å². The summed E-state index contributed by atoms with van der Waals surface area (Å²) in [6.07, 6.45) is 1.97. The van der Waals surface area contributed by atoms with Crippen molar-refractivity contribution in [2.75, 3.05) is 5.43 Å². The monoisotopic (exact) mass is 398 g/mol. The van der Waals surface area contributed by atoms with Crippen molar-refractivity contribution in [3.05, 3.63) is 69.2 Å². The molecule has 0 saturated carbocycles. The number of nitrogens with zero attached hydrogens (tertiary/aromatic N) is 3. The second-order valence-electron chi connectivity index (χ2n) is 5.31. The summed E-state index contributed by atoms with van der Waals surface area (Å²) in [6, 6.07) is 3.66. The lowest BCUT2D eigenvalue weighted by atomic mass is 10.1. The second-order valence-corrected chi connectivity index (χ2v) is 5.31. The number of non-ortho nitro benzene ring substituents is 1. The quantitative estimate of drug-likeness (QED) is 0.173. The molecular weight excluding hydrogens is 391 g/mol. The summed E-state index contributed by atoms with van der Waals surface area (Å²) in [5.74, 6) is -11.5. The van der Waals surface area contributed by atoms with E-state index in [4.69, 9.17) is 0 Å². The molecule has 0 spiro atoms. The number of fused-ring (bicyclic) bond motifs is 1. The SMILES string of the molecule is O=[N+]([O-])c1cc(/C=N/Nc2c(F)c(F)c(F)c(F)c2F)c(O)c2ncccc12. The Kier molecular flexibility index (Phi) is 4.78. The fraction of sp³-hybridized carbons (Fsp3) is 0. The number of phenols is 1. The Labute approximate surface area is 151 Å². The minimum atomic E-state index is -2.33. The number of hydrogen-bond donors (Lipinski definition) is 2. The number of nitro groups is 1. The summed E-state index contributed by atoms with van der Waals surface area (Å²) in [7, 11) is 0. The minimum absolute atomic E-state index is 0.0230. The van der Waals surface area contributed by atoms with Gasteiger partial charge in [0.2, 0.25) is 5.82 Å². The number of halogens is 5. The molecule has 0 saturated heterocycles. The Morgan fingerprint density at radius 3 is 2.32 bits per heavy atom. The highest BCUT2D eigenvalue weighted by Crippen LogP contribution is 2.33. The molecular formula is C16H7F5N4O3. The number of phenolic OH excluding ortho intramolecular Hbond substituents is 1. The van der Waals surface area contributed by atoms with Crippen LogP contribution in [-0.4, -0.2) is 21.2 Å². The van der Waals surface area contributed by atoms with Crippen molar-refractivity contribution in [2.45, 2.75) is 0 Å². The van der Waals surface area contributed by atoms with E-state index in [2.05, 4.69) is 10.1 Å². The standard InChI is InChI=1S/C16H7F5N4O3/c17-9-10(18)12(20)15(13(21)11(9)19)24-23-5-6-4-8(25(27)28)7-2-1-3-22-14(7)16(6)26/h1-5,24,26H/b23-5+. The molecule has 2 N–H and O–H groups in total. The first-order valence-corrected chi connectivity index (χ1v) is 7.29. The summed E-state index contributed by atoms with van der Waals surface area (Å²) in [5, 5.41) is 24.7. The molecule has 0 unspecified atom stereocenters. The zero-order valence-corrected chi connectivity index (χ0v) is 13.4. The van der Waals surface area contributed by atoms with Crippen molar-refractivity contribution in [1.29, 1.82) is 0 Å². The van der Waals surface area contributed by atoms with Crippen LogP contribution in [0.4, 0.5) is 33.3 Å². The average Bonchev–Trinajstić information content (AvgIpc) is 2.69. The predicted octanol–water partition coefficient (Wildman–Crippen LogP) is 3.99. The largest absolute Gasteiger partial charge is 0.505 e. The van der Waals surface area contributed by atoms with Crippen molar-refractivity contribution in [3.8, 4) is 5.75 Å². The van der Waals surface area contributed by atoms with Gasteiger partial charge in [0.25, 0.3) is 5.69 Å². The van der Waals surface area contributed by atoms with Crippen LogP contribution in [-0.2, 0) is 0 Å². The Hall–Kier alpha value is -3.83. The zero-order chi connectivity index (χ0) is 20.6. The lowest BCUT2D eigenvalue weighted by Gasteiger charge is -2.07. The highest BCUT2D eigenvalue weighted by atomic mass is 19.2. The molecule has 0 fully saturated rings.